The van der Waals surface area contributed by atoms with Crippen LogP contribution in [-0.4, -0.2) is 65.0 Å². The van der Waals surface area contributed by atoms with Crippen LogP contribution in [0, 0.1) is 5.92 Å². The summed E-state index contributed by atoms with van der Waals surface area (Å²) < 4.78 is 12.0. The fraction of sp³-hybridized carbons (Fsp3) is 0.579. The second-order valence-electron chi connectivity index (χ2n) is 6.35. The van der Waals surface area contributed by atoms with Crippen LogP contribution in [0.4, 0.5) is 0 Å². The summed E-state index contributed by atoms with van der Waals surface area (Å²) in [5.74, 6) is 1.19. The van der Waals surface area contributed by atoms with E-state index < -0.39 is 0 Å². The number of nitrogens with zero attached hydrogens (tertiary/aromatic N) is 1. The van der Waals surface area contributed by atoms with Crippen LogP contribution in [0.15, 0.2) is 33.7 Å². The van der Waals surface area contributed by atoms with Crippen molar-refractivity contribution in [2.75, 3.05) is 53.1 Å². The number of halogens is 2. The van der Waals surface area contributed by atoms with E-state index in [1.54, 1.807) is 19.2 Å². The van der Waals surface area contributed by atoms with E-state index in [1.807, 2.05) is 12.1 Å². The molecule has 1 atom stereocenters. The first-order valence-corrected chi connectivity index (χ1v) is 10.1. The summed E-state index contributed by atoms with van der Waals surface area (Å²) in [5, 5.41) is 9.30. The smallest absolute Gasteiger partial charge is 0.251 e. The van der Waals surface area contributed by atoms with Gasteiger partial charge in [-0.3, -0.25) is 9.79 Å². The van der Waals surface area contributed by atoms with Gasteiger partial charge in [0.05, 0.1) is 13.2 Å². The maximum absolute atomic E-state index is 12.0. The minimum absolute atomic E-state index is 0. The van der Waals surface area contributed by atoms with Crippen LogP contribution in [0.5, 0.6) is 0 Å². The molecule has 0 aliphatic carbocycles. The number of rotatable bonds is 10. The van der Waals surface area contributed by atoms with E-state index in [0.717, 1.165) is 56.2 Å². The van der Waals surface area contributed by atoms with Crippen LogP contribution in [0.1, 0.15) is 23.2 Å². The van der Waals surface area contributed by atoms with Gasteiger partial charge in [0.1, 0.15) is 0 Å². The highest BCUT2D eigenvalue weighted by molar-refractivity contribution is 14.0. The Morgan fingerprint density at radius 3 is 2.61 bits per heavy atom. The Labute approximate surface area is 192 Å². The molecule has 9 heteroatoms. The lowest BCUT2D eigenvalue weighted by Gasteiger charge is -2.13. The molecule has 1 aromatic rings. The number of amides is 1. The summed E-state index contributed by atoms with van der Waals surface area (Å²) in [6.45, 7) is 5.09. The van der Waals surface area contributed by atoms with E-state index >= 15 is 0 Å². The molecule has 1 amide bonds. The maximum Gasteiger partial charge on any atom is 0.251 e. The molecule has 1 aromatic carbocycles. The normalized spacial score (nSPS) is 16.4. The second kappa shape index (κ2) is 15.0. The van der Waals surface area contributed by atoms with E-state index in [4.69, 9.17) is 9.47 Å². The number of guanidine groups is 1. The molecule has 0 radical (unpaired) electrons. The van der Waals surface area contributed by atoms with Gasteiger partial charge in [-0.15, -0.1) is 24.0 Å². The Morgan fingerprint density at radius 1 is 1.21 bits per heavy atom. The maximum atomic E-state index is 12.0. The highest BCUT2D eigenvalue weighted by Crippen LogP contribution is 2.12. The van der Waals surface area contributed by atoms with E-state index in [0.29, 0.717) is 24.6 Å². The summed E-state index contributed by atoms with van der Waals surface area (Å²) in [5.41, 5.74) is 0.643. The number of hydrogen-bond donors (Lipinski definition) is 3. The van der Waals surface area contributed by atoms with Crippen molar-refractivity contribution >= 4 is 51.8 Å². The van der Waals surface area contributed by atoms with Crippen molar-refractivity contribution in [1.29, 1.82) is 0 Å². The predicted octanol–water partition coefficient (Wildman–Crippen LogP) is 2.41. The number of carbonyl (C=O) groups excluding carboxylic acids is 1. The molecule has 158 valence electrons. The monoisotopic (exact) mass is 568 g/mol. The fourth-order valence-corrected chi connectivity index (χ4v) is 2.89. The zero-order valence-electron chi connectivity index (χ0n) is 16.2. The SMILES string of the molecule is CN=C(NCCCOCC1CCOC1)NCCNC(=O)c1ccc(Br)cc1.I. The largest absolute Gasteiger partial charge is 0.381 e. The summed E-state index contributed by atoms with van der Waals surface area (Å²) in [6.07, 6.45) is 2.02. The molecule has 2 rings (SSSR count). The third-order valence-electron chi connectivity index (χ3n) is 4.17. The molecule has 0 bridgehead atoms. The van der Waals surface area contributed by atoms with Crippen LogP contribution in [-0.2, 0) is 9.47 Å². The van der Waals surface area contributed by atoms with E-state index in [9.17, 15) is 4.79 Å². The van der Waals surface area contributed by atoms with Crippen molar-refractivity contribution in [1.82, 2.24) is 16.0 Å². The average Bonchev–Trinajstić information content (AvgIpc) is 3.20. The van der Waals surface area contributed by atoms with Gasteiger partial charge in [0.15, 0.2) is 5.96 Å². The zero-order valence-corrected chi connectivity index (χ0v) is 20.1. The van der Waals surface area contributed by atoms with Crippen molar-refractivity contribution in [3.8, 4) is 0 Å². The van der Waals surface area contributed by atoms with Crippen molar-refractivity contribution in [3.05, 3.63) is 34.3 Å². The van der Waals surface area contributed by atoms with Crippen molar-refractivity contribution in [2.45, 2.75) is 12.8 Å². The molecule has 1 aliphatic rings. The topological polar surface area (TPSA) is 84.0 Å². The number of ether oxygens (including phenoxy) is 2. The van der Waals surface area contributed by atoms with E-state index in [-0.39, 0.29) is 29.9 Å². The molecular weight excluding hydrogens is 539 g/mol. The molecule has 1 aliphatic heterocycles. The molecule has 0 spiro atoms. The Hall–Kier alpha value is -0.910. The van der Waals surface area contributed by atoms with Gasteiger partial charge in [-0.25, -0.2) is 0 Å². The molecule has 1 heterocycles. The van der Waals surface area contributed by atoms with Crippen molar-refractivity contribution in [3.63, 3.8) is 0 Å². The van der Waals surface area contributed by atoms with E-state index in [1.165, 1.54) is 0 Å². The number of hydrogen-bond acceptors (Lipinski definition) is 4. The molecule has 7 nitrogen and oxygen atoms in total. The number of carbonyl (C=O) groups is 1. The first-order chi connectivity index (χ1) is 13.2. The third-order valence-corrected chi connectivity index (χ3v) is 4.70. The molecule has 28 heavy (non-hydrogen) atoms. The summed E-state index contributed by atoms with van der Waals surface area (Å²) >= 11 is 3.36. The number of nitrogens with one attached hydrogen (secondary N) is 3. The minimum atomic E-state index is -0.0861. The third kappa shape index (κ3) is 10.0. The summed E-state index contributed by atoms with van der Waals surface area (Å²) in [4.78, 5) is 16.2. The highest BCUT2D eigenvalue weighted by Gasteiger charge is 2.15. The van der Waals surface area contributed by atoms with Crippen LogP contribution in [0.2, 0.25) is 0 Å². The Morgan fingerprint density at radius 2 is 1.93 bits per heavy atom. The first kappa shape index (κ1) is 25.1. The fourth-order valence-electron chi connectivity index (χ4n) is 2.63. The molecule has 1 saturated heterocycles. The second-order valence-corrected chi connectivity index (χ2v) is 7.26. The zero-order chi connectivity index (χ0) is 19.3. The number of aliphatic imine (C=N–C) groups is 1. The molecule has 0 saturated carbocycles. The highest BCUT2D eigenvalue weighted by atomic mass is 127. The van der Waals surface area contributed by atoms with Crippen LogP contribution < -0.4 is 16.0 Å². The van der Waals surface area contributed by atoms with Crippen LogP contribution in [0.3, 0.4) is 0 Å². The number of benzene rings is 1. The Balaban J connectivity index is 0.00000392. The Bertz CT molecular complexity index is 595. The molecule has 1 fully saturated rings. The van der Waals surface area contributed by atoms with Gasteiger partial charge in [-0.05, 0) is 37.1 Å². The van der Waals surface area contributed by atoms with Gasteiger partial charge < -0.3 is 25.4 Å². The lowest BCUT2D eigenvalue weighted by molar-refractivity contribution is 0.0887. The lowest BCUT2D eigenvalue weighted by atomic mass is 10.1. The quantitative estimate of drug-likeness (QED) is 0.175. The standard InChI is InChI=1S/C19H29BrN4O3.HI/c1-21-19(23-8-2-11-26-13-15-7-12-27-14-15)24-10-9-22-18(25)16-3-5-17(20)6-4-16;/h3-6,15H,2,7-14H2,1H3,(H,22,25)(H2,21,23,24);1H. The van der Waals surface area contributed by atoms with Gasteiger partial charge in [0.25, 0.3) is 5.91 Å². The van der Waals surface area contributed by atoms with Gasteiger partial charge >= 0.3 is 0 Å². The van der Waals surface area contributed by atoms with Gasteiger partial charge in [-0.1, -0.05) is 15.9 Å². The first-order valence-electron chi connectivity index (χ1n) is 9.33. The molecular formula is C19H30BrIN4O3. The van der Waals surface area contributed by atoms with Crippen molar-refractivity contribution < 1.29 is 14.3 Å². The Kier molecular flexibility index (Phi) is 13.5. The van der Waals surface area contributed by atoms with Crippen LogP contribution >= 0.6 is 39.9 Å². The molecule has 3 N–H and O–H groups in total. The van der Waals surface area contributed by atoms with Gasteiger partial charge in [0.2, 0.25) is 0 Å². The van der Waals surface area contributed by atoms with E-state index in [2.05, 4.69) is 36.9 Å². The van der Waals surface area contributed by atoms with Gasteiger partial charge in [-0.2, -0.15) is 0 Å². The molecule has 1 unspecified atom stereocenters. The van der Waals surface area contributed by atoms with Crippen LogP contribution in [0.25, 0.3) is 0 Å². The predicted molar refractivity (Wildman–Crippen MR) is 126 cm³/mol. The van der Waals surface area contributed by atoms with Crippen molar-refractivity contribution in [2.24, 2.45) is 10.9 Å². The lowest BCUT2D eigenvalue weighted by Crippen LogP contribution is -2.42. The average molecular weight is 569 g/mol. The molecule has 0 aromatic heterocycles. The minimum Gasteiger partial charge on any atom is -0.381 e. The van der Waals surface area contributed by atoms with Gasteiger partial charge in [0, 0.05) is 55.8 Å². The summed E-state index contributed by atoms with van der Waals surface area (Å²) in [6, 6.07) is 7.28. The summed E-state index contributed by atoms with van der Waals surface area (Å²) in [7, 11) is 1.73.